The number of likely N-dealkylation sites (N-methyl/N-ethyl adjacent to an activating group) is 1. The molecule has 130 valence electrons. The van der Waals surface area contributed by atoms with Gasteiger partial charge in [0.25, 0.3) is 0 Å². The molecule has 1 unspecified atom stereocenters. The molecule has 2 aromatic rings. The Hall–Kier alpha value is -1.72. The molecule has 2 aromatic carbocycles. The highest BCUT2D eigenvalue weighted by Gasteiger charge is 2.15. The van der Waals surface area contributed by atoms with Gasteiger partial charge in [-0.3, -0.25) is 0 Å². The van der Waals surface area contributed by atoms with Gasteiger partial charge in [-0.2, -0.15) is 0 Å². The Morgan fingerprint density at radius 1 is 0.958 bits per heavy atom. The summed E-state index contributed by atoms with van der Waals surface area (Å²) >= 11 is 0. The summed E-state index contributed by atoms with van der Waals surface area (Å²) in [7, 11) is 3.57. The van der Waals surface area contributed by atoms with Gasteiger partial charge in [-0.05, 0) is 18.2 Å². The minimum atomic E-state index is -0.473. The number of ether oxygens (including phenoxy) is 2. The quantitative estimate of drug-likeness (QED) is 0.728. The van der Waals surface area contributed by atoms with E-state index in [1.54, 1.807) is 7.11 Å². The number of aliphatic hydroxyl groups excluding tert-OH is 1. The van der Waals surface area contributed by atoms with Crippen molar-refractivity contribution in [3.63, 3.8) is 0 Å². The summed E-state index contributed by atoms with van der Waals surface area (Å²) in [6.45, 7) is 2.25. The third-order valence-corrected chi connectivity index (χ3v) is 3.84. The molecular formula is C20H27NO3. The summed E-state index contributed by atoms with van der Waals surface area (Å²) < 4.78 is 11.1. The van der Waals surface area contributed by atoms with Gasteiger partial charge in [-0.25, -0.2) is 0 Å². The molecule has 0 spiro atoms. The Morgan fingerprint density at radius 2 is 1.50 bits per heavy atom. The van der Waals surface area contributed by atoms with Crippen LogP contribution in [0.5, 0.6) is 0 Å². The van der Waals surface area contributed by atoms with E-state index in [1.165, 1.54) is 0 Å². The van der Waals surface area contributed by atoms with Crippen molar-refractivity contribution >= 4 is 0 Å². The fraction of sp³-hybridized carbons (Fsp3) is 0.400. The van der Waals surface area contributed by atoms with Crippen molar-refractivity contribution in [3.8, 4) is 0 Å². The van der Waals surface area contributed by atoms with Crippen molar-refractivity contribution in [1.29, 1.82) is 0 Å². The van der Waals surface area contributed by atoms with E-state index >= 15 is 0 Å². The monoisotopic (exact) mass is 329 g/mol. The van der Waals surface area contributed by atoms with E-state index in [0.29, 0.717) is 19.8 Å². The minimum Gasteiger partial charge on any atom is -0.389 e. The zero-order valence-corrected chi connectivity index (χ0v) is 14.5. The fourth-order valence-corrected chi connectivity index (χ4v) is 2.66. The lowest BCUT2D eigenvalue weighted by Gasteiger charge is -2.23. The van der Waals surface area contributed by atoms with Crippen molar-refractivity contribution < 1.29 is 14.6 Å². The normalized spacial score (nSPS) is 12.7. The lowest BCUT2D eigenvalue weighted by atomic mass is 10.0. The van der Waals surface area contributed by atoms with Gasteiger partial charge < -0.3 is 19.5 Å². The van der Waals surface area contributed by atoms with Crippen molar-refractivity contribution in [2.24, 2.45) is 0 Å². The van der Waals surface area contributed by atoms with Gasteiger partial charge in [0.1, 0.15) is 6.10 Å². The maximum absolute atomic E-state index is 9.78. The van der Waals surface area contributed by atoms with Crippen LogP contribution in [0, 0.1) is 0 Å². The Kier molecular flexibility index (Phi) is 7.92. The molecule has 2 rings (SSSR count). The molecule has 1 atom stereocenters. The number of nitrogens with zero attached hydrogens (tertiary/aromatic N) is 1. The second kappa shape index (κ2) is 10.2. The Morgan fingerprint density at radius 3 is 2.00 bits per heavy atom. The zero-order valence-electron chi connectivity index (χ0n) is 14.5. The SMILES string of the molecule is COCC(O)CN(C)CCOC(c1ccccc1)c1ccccc1. The number of hydrogen-bond donors (Lipinski definition) is 1. The van der Waals surface area contributed by atoms with Crippen LogP contribution in [0.15, 0.2) is 60.7 Å². The second-order valence-corrected chi connectivity index (χ2v) is 5.94. The van der Waals surface area contributed by atoms with Gasteiger partial charge in [-0.15, -0.1) is 0 Å². The van der Waals surface area contributed by atoms with Gasteiger partial charge in [0, 0.05) is 20.2 Å². The molecule has 0 aromatic heterocycles. The number of rotatable bonds is 10. The van der Waals surface area contributed by atoms with E-state index in [0.717, 1.165) is 17.7 Å². The van der Waals surface area contributed by atoms with E-state index in [2.05, 4.69) is 29.2 Å². The predicted molar refractivity (Wildman–Crippen MR) is 96.1 cm³/mol. The maximum Gasteiger partial charge on any atom is 0.108 e. The number of aliphatic hydroxyl groups is 1. The smallest absolute Gasteiger partial charge is 0.108 e. The number of benzene rings is 2. The molecule has 0 aliphatic rings. The van der Waals surface area contributed by atoms with E-state index in [9.17, 15) is 5.11 Å². The van der Waals surface area contributed by atoms with E-state index < -0.39 is 6.10 Å². The molecule has 0 radical (unpaired) electrons. The standard InChI is InChI=1S/C20H27NO3/c1-21(15-19(22)16-23-2)13-14-24-20(17-9-5-3-6-10-17)18-11-7-4-8-12-18/h3-12,19-20,22H,13-16H2,1-2H3. The average Bonchev–Trinajstić information content (AvgIpc) is 2.60. The van der Waals surface area contributed by atoms with Crippen LogP contribution in [-0.2, 0) is 9.47 Å². The largest absolute Gasteiger partial charge is 0.389 e. The molecule has 0 saturated heterocycles. The molecule has 4 nitrogen and oxygen atoms in total. The number of methoxy groups -OCH3 is 1. The summed E-state index contributed by atoms with van der Waals surface area (Å²) in [5.74, 6) is 0. The van der Waals surface area contributed by atoms with Crippen molar-refractivity contribution in [2.45, 2.75) is 12.2 Å². The first-order valence-electron chi connectivity index (χ1n) is 8.27. The van der Waals surface area contributed by atoms with Crippen LogP contribution in [0.1, 0.15) is 17.2 Å². The van der Waals surface area contributed by atoms with Crippen LogP contribution in [0.3, 0.4) is 0 Å². The topological polar surface area (TPSA) is 41.9 Å². The average molecular weight is 329 g/mol. The summed E-state index contributed by atoms with van der Waals surface area (Å²) in [4.78, 5) is 2.05. The summed E-state index contributed by atoms with van der Waals surface area (Å²) in [5.41, 5.74) is 2.29. The van der Waals surface area contributed by atoms with Crippen molar-refractivity contribution in [1.82, 2.24) is 4.90 Å². The maximum atomic E-state index is 9.78. The van der Waals surface area contributed by atoms with Crippen LogP contribution in [-0.4, -0.2) is 56.6 Å². The fourth-order valence-electron chi connectivity index (χ4n) is 2.66. The van der Waals surface area contributed by atoms with Crippen LogP contribution in [0.4, 0.5) is 0 Å². The first-order chi connectivity index (χ1) is 11.7. The van der Waals surface area contributed by atoms with Crippen molar-refractivity contribution in [2.75, 3.05) is 40.5 Å². The van der Waals surface area contributed by atoms with Crippen LogP contribution in [0.2, 0.25) is 0 Å². The first kappa shape index (κ1) is 18.6. The second-order valence-electron chi connectivity index (χ2n) is 5.94. The van der Waals surface area contributed by atoms with Gasteiger partial charge in [-0.1, -0.05) is 60.7 Å². The van der Waals surface area contributed by atoms with Crippen LogP contribution in [0.25, 0.3) is 0 Å². The summed E-state index contributed by atoms with van der Waals surface area (Å²) in [6.07, 6.45) is -0.552. The zero-order chi connectivity index (χ0) is 17.2. The number of hydrogen-bond acceptors (Lipinski definition) is 4. The molecule has 4 heteroatoms. The molecule has 0 heterocycles. The Labute approximate surface area is 144 Å². The molecule has 0 aliphatic carbocycles. The Bertz CT molecular complexity index is 522. The molecule has 0 bridgehead atoms. The molecule has 0 aliphatic heterocycles. The lowest BCUT2D eigenvalue weighted by molar-refractivity contribution is 0.0264. The van der Waals surface area contributed by atoms with Crippen LogP contribution < -0.4 is 0 Å². The summed E-state index contributed by atoms with van der Waals surface area (Å²) in [6, 6.07) is 20.5. The highest BCUT2D eigenvalue weighted by molar-refractivity contribution is 5.29. The van der Waals surface area contributed by atoms with Gasteiger partial charge in [0.15, 0.2) is 0 Å². The van der Waals surface area contributed by atoms with E-state index in [-0.39, 0.29) is 6.10 Å². The minimum absolute atomic E-state index is 0.0790. The third kappa shape index (κ3) is 6.06. The Balaban J connectivity index is 1.93. The van der Waals surface area contributed by atoms with Gasteiger partial charge in [0.2, 0.25) is 0 Å². The van der Waals surface area contributed by atoms with Crippen molar-refractivity contribution in [3.05, 3.63) is 71.8 Å². The van der Waals surface area contributed by atoms with E-state index in [4.69, 9.17) is 9.47 Å². The van der Waals surface area contributed by atoms with Crippen LogP contribution >= 0.6 is 0 Å². The van der Waals surface area contributed by atoms with Gasteiger partial charge >= 0.3 is 0 Å². The lowest BCUT2D eigenvalue weighted by Crippen LogP contribution is -2.34. The molecular weight excluding hydrogens is 302 g/mol. The van der Waals surface area contributed by atoms with Gasteiger partial charge in [0.05, 0.1) is 19.3 Å². The molecule has 0 saturated carbocycles. The van der Waals surface area contributed by atoms with E-state index in [1.807, 2.05) is 43.4 Å². The first-order valence-corrected chi connectivity index (χ1v) is 8.27. The summed E-state index contributed by atoms with van der Waals surface area (Å²) in [5, 5.41) is 9.78. The highest BCUT2D eigenvalue weighted by atomic mass is 16.5. The molecule has 0 amide bonds. The molecule has 24 heavy (non-hydrogen) atoms. The predicted octanol–water partition coefficient (Wildman–Crippen LogP) is 2.73. The molecule has 1 N–H and O–H groups in total. The highest BCUT2D eigenvalue weighted by Crippen LogP contribution is 2.25. The third-order valence-electron chi connectivity index (χ3n) is 3.84. The molecule has 0 fully saturated rings.